The minimum atomic E-state index is -0.570. The van der Waals surface area contributed by atoms with E-state index in [0.29, 0.717) is 25.0 Å². The van der Waals surface area contributed by atoms with Gasteiger partial charge < -0.3 is 9.47 Å². The molecule has 0 aliphatic carbocycles. The number of hydrogen-bond acceptors (Lipinski definition) is 6. The maximum Gasteiger partial charge on any atom is 0.255 e. The third kappa shape index (κ3) is 5.09. The molecule has 0 aliphatic heterocycles. The molecule has 0 radical (unpaired) electrons. The molecule has 0 aliphatic rings. The highest BCUT2D eigenvalue weighted by molar-refractivity contribution is 7.18. The summed E-state index contributed by atoms with van der Waals surface area (Å²) in [5, 5.41) is 12.2. The van der Waals surface area contributed by atoms with Crippen molar-refractivity contribution in [2.45, 2.75) is 33.8 Å². The lowest BCUT2D eigenvalue weighted by Crippen LogP contribution is -2.28. The normalized spacial score (nSPS) is 12.2. The van der Waals surface area contributed by atoms with E-state index in [9.17, 15) is 4.79 Å². The van der Waals surface area contributed by atoms with Crippen LogP contribution in [0.5, 0.6) is 0 Å². The number of anilines is 1. The molecular formula is C17H23N3O3S. The quantitative estimate of drug-likeness (QED) is 0.741. The van der Waals surface area contributed by atoms with Gasteiger partial charge in [-0.2, -0.15) is 0 Å². The van der Waals surface area contributed by atoms with E-state index in [1.54, 1.807) is 6.92 Å². The Balaban J connectivity index is 1.94. The highest BCUT2D eigenvalue weighted by atomic mass is 32.1. The summed E-state index contributed by atoms with van der Waals surface area (Å²) in [5.74, 6) is -0.241. The molecule has 130 valence electrons. The van der Waals surface area contributed by atoms with Crippen LogP contribution < -0.4 is 5.32 Å². The van der Waals surface area contributed by atoms with E-state index in [1.165, 1.54) is 16.9 Å². The zero-order valence-corrected chi connectivity index (χ0v) is 15.3. The van der Waals surface area contributed by atoms with E-state index in [2.05, 4.69) is 28.5 Å². The summed E-state index contributed by atoms with van der Waals surface area (Å²) in [7, 11) is 0. The SMILES string of the molecule is CCOCCOC(C)C(=O)Nc1nnc(-c2ccc(C)cc2C)s1. The largest absolute Gasteiger partial charge is 0.379 e. The zero-order valence-electron chi connectivity index (χ0n) is 14.5. The molecule has 2 aromatic rings. The predicted octanol–water partition coefficient (Wildman–Crippen LogP) is 3.20. The predicted molar refractivity (Wildman–Crippen MR) is 95.4 cm³/mol. The van der Waals surface area contributed by atoms with E-state index in [-0.39, 0.29) is 5.91 Å². The van der Waals surface area contributed by atoms with Crippen molar-refractivity contribution < 1.29 is 14.3 Å². The van der Waals surface area contributed by atoms with Crippen LogP contribution in [0.4, 0.5) is 5.13 Å². The number of carbonyl (C=O) groups excluding carboxylic acids is 1. The molecule has 1 amide bonds. The Morgan fingerprint density at radius 2 is 2.08 bits per heavy atom. The Morgan fingerprint density at radius 1 is 1.29 bits per heavy atom. The molecule has 1 aromatic carbocycles. The van der Waals surface area contributed by atoms with E-state index in [0.717, 1.165) is 16.1 Å². The fourth-order valence-corrected chi connectivity index (χ4v) is 2.98. The molecule has 1 heterocycles. The maximum absolute atomic E-state index is 12.1. The lowest BCUT2D eigenvalue weighted by atomic mass is 10.1. The molecule has 1 unspecified atom stereocenters. The number of ether oxygens (including phenoxy) is 2. The van der Waals surface area contributed by atoms with Crippen molar-refractivity contribution in [2.24, 2.45) is 0 Å². The Morgan fingerprint density at radius 3 is 2.79 bits per heavy atom. The number of benzene rings is 1. The first kappa shape index (κ1) is 18.5. The lowest BCUT2D eigenvalue weighted by molar-refractivity contribution is -0.127. The van der Waals surface area contributed by atoms with Crippen molar-refractivity contribution in [1.82, 2.24) is 10.2 Å². The monoisotopic (exact) mass is 349 g/mol. The topological polar surface area (TPSA) is 73.3 Å². The molecule has 6 nitrogen and oxygen atoms in total. The third-order valence-electron chi connectivity index (χ3n) is 3.44. The molecule has 0 saturated carbocycles. The van der Waals surface area contributed by atoms with Gasteiger partial charge in [-0.25, -0.2) is 0 Å². The molecule has 24 heavy (non-hydrogen) atoms. The molecule has 0 bridgehead atoms. The summed E-state index contributed by atoms with van der Waals surface area (Å²) >= 11 is 1.35. The van der Waals surface area contributed by atoms with Gasteiger partial charge in [-0.05, 0) is 33.3 Å². The van der Waals surface area contributed by atoms with Crippen molar-refractivity contribution in [2.75, 3.05) is 25.1 Å². The first-order chi connectivity index (χ1) is 11.5. The Labute approximate surface area is 146 Å². The second kappa shape index (κ2) is 8.86. The molecule has 1 N–H and O–H groups in total. The van der Waals surface area contributed by atoms with Gasteiger partial charge in [0.25, 0.3) is 5.91 Å². The Kier molecular flexibility index (Phi) is 6.84. The summed E-state index contributed by atoms with van der Waals surface area (Å²) in [6.45, 7) is 9.20. The molecular weight excluding hydrogens is 326 g/mol. The fraction of sp³-hybridized carbons (Fsp3) is 0.471. The Bertz CT molecular complexity index is 687. The van der Waals surface area contributed by atoms with Crippen LogP contribution in [0.15, 0.2) is 18.2 Å². The molecule has 1 aromatic heterocycles. The molecule has 0 fully saturated rings. The highest BCUT2D eigenvalue weighted by Crippen LogP contribution is 2.29. The van der Waals surface area contributed by atoms with E-state index >= 15 is 0 Å². The Hall–Kier alpha value is -1.83. The van der Waals surface area contributed by atoms with Crippen molar-refractivity contribution >= 4 is 22.4 Å². The fourth-order valence-electron chi connectivity index (χ4n) is 2.15. The van der Waals surface area contributed by atoms with Crippen molar-refractivity contribution in [3.05, 3.63) is 29.3 Å². The first-order valence-corrected chi connectivity index (χ1v) is 8.74. The van der Waals surface area contributed by atoms with Gasteiger partial charge in [0.15, 0.2) is 0 Å². The maximum atomic E-state index is 12.1. The van der Waals surface area contributed by atoms with Crippen LogP contribution in [0.3, 0.4) is 0 Å². The lowest BCUT2D eigenvalue weighted by Gasteiger charge is -2.11. The molecule has 0 saturated heterocycles. The van der Waals surface area contributed by atoms with Gasteiger partial charge in [0, 0.05) is 12.2 Å². The van der Waals surface area contributed by atoms with Crippen LogP contribution in [0.2, 0.25) is 0 Å². The average molecular weight is 349 g/mol. The van der Waals surface area contributed by atoms with Crippen LogP contribution in [-0.2, 0) is 14.3 Å². The van der Waals surface area contributed by atoms with Gasteiger partial charge in [0.2, 0.25) is 5.13 Å². The smallest absolute Gasteiger partial charge is 0.255 e. The molecule has 0 spiro atoms. The number of carbonyl (C=O) groups is 1. The number of aromatic nitrogens is 2. The minimum absolute atomic E-state index is 0.241. The highest BCUT2D eigenvalue weighted by Gasteiger charge is 2.16. The van der Waals surface area contributed by atoms with E-state index in [4.69, 9.17) is 9.47 Å². The number of nitrogens with zero attached hydrogens (tertiary/aromatic N) is 2. The average Bonchev–Trinajstić information content (AvgIpc) is 2.99. The summed E-state index contributed by atoms with van der Waals surface area (Å²) in [6, 6.07) is 6.16. The van der Waals surface area contributed by atoms with Crippen molar-refractivity contribution in [3.8, 4) is 10.6 Å². The number of rotatable bonds is 8. The van der Waals surface area contributed by atoms with Gasteiger partial charge in [0.1, 0.15) is 11.1 Å². The second-order valence-electron chi connectivity index (χ2n) is 5.43. The standard InChI is InChI=1S/C17H23N3O3S/c1-5-22-8-9-23-13(4)15(21)18-17-20-19-16(24-17)14-7-6-11(2)10-12(14)3/h6-7,10,13H,5,8-9H2,1-4H3,(H,18,20,21). The van der Waals surface area contributed by atoms with Crippen LogP contribution in [0, 0.1) is 13.8 Å². The van der Waals surface area contributed by atoms with Gasteiger partial charge in [-0.15, -0.1) is 10.2 Å². The third-order valence-corrected chi connectivity index (χ3v) is 4.31. The second-order valence-corrected chi connectivity index (χ2v) is 6.41. The van der Waals surface area contributed by atoms with Crippen molar-refractivity contribution in [1.29, 1.82) is 0 Å². The van der Waals surface area contributed by atoms with Crippen LogP contribution in [0.25, 0.3) is 10.6 Å². The van der Waals surface area contributed by atoms with Crippen LogP contribution in [0.1, 0.15) is 25.0 Å². The number of amides is 1. The van der Waals surface area contributed by atoms with Gasteiger partial charge in [0.05, 0.1) is 13.2 Å². The number of hydrogen-bond donors (Lipinski definition) is 1. The van der Waals surface area contributed by atoms with E-state index < -0.39 is 6.10 Å². The van der Waals surface area contributed by atoms with Gasteiger partial charge >= 0.3 is 0 Å². The van der Waals surface area contributed by atoms with Crippen molar-refractivity contribution in [3.63, 3.8) is 0 Å². The molecule has 7 heteroatoms. The zero-order chi connectivity index (χ0) is 17.5. The number of aryl methyl sites for hydroxylation is 2. The van der Waals surface area contributed by atoms with E-state index in [1.807, 2.05) is 26.0 Å². The van der Waals surface area contributed by atoms with Gasteiger partial charge in [-0.1, -0.05) is 35.1 Å². The number of nitrogens with one attached hydrogen (secondary N) is 1. The summed E-state index contributed by atoms with van der Waals surface area (Å²) < 4.78 is 10.6. The van der Waals surface area contributed by atoms with Crippen LogP contribution >= 0.6 is 11.3 Å². The minimum Gasteiger partial charge on any atom is -0.379 e. The first-order valence-electron chi connectivity index (χ1n) is 7.92. The summed E-state index contributed by atoms with van der Waals surface area (Å²) in [6.07, 6.45) is -0.570. The van der Waals surface area contributed by atoms with Crippen LogP contribution in [-0.4, -0.2) is 42.0 Å². The summed E-state index contributed by atoms with van der Waals surface area (Å²) in [4.78, 5) is 12.1. The molecule has 1 atom stereocenters. The summed E-state index contributed by atoms with van der Waals surface area (Å²) in [5.41, 5.74) is 3.36. The van der Waals surface area contributed by atoms with Gasteiger partial charge in [-0.3, -0.25) is 10.1 Å². The molecule has 2 rings (SSSR count).